The minimum atomic E-state index is -0.247. The van der Waals surface area contributed by atoms with Crippen LogP contribution in [0.15, 0.2) is 52.9 Å². The molecule has 3 nitrogen and oxygen atoms in total. The maximum absolute atomic E-state index is 13.2. The smallest absolute Gasteiger partial charge is 0.296 e. The molecule has 3 rings (SSSR count). The Morgan fingerprint density at radius 1 is 1.16 bits per heavy atom. The molecule has 1 heterocycles. The molecule has 0 aliphatic rings. The van der Waals surface area contributed by atoms with Crippen molar-refractivity contribution in [3.8, 4) is 0 Å². The first-order chi connectivity index (χ1) is 9.22. The van der Waals surface area contributed by atoms with E-state index in [0.29, 0.717) is 6.01 Å². The van der Waals surface area contributed by atoms with Crippen LogP contribution in [0.3, 0.4) is 0 Å². The Kier molecular flexibility index (Phi) is 2.91. The zero-order valence-electron chi connectivity index (χ0n) is 10.4. The van der Waals surface area contributed by atoms with E-state index >= 15 is 0 Å². The van der Waals surface area contributed by atoms with E-state index in [-0.39, 0.29) is 11.9 Å². The fourth-order valence-electron chi connectivity index (χ4n) is 1.98. The lowest BCUT2D eigenvalue weighted by Gasteiger charge is -2.12. The number of benzene rings is 2. The van der Waals surface area contributed by atoms with Crippen molar-refractivity contribution in [3.63, 3.8) is 0 Å². The van der Waals surface area contributed by atoms with E-state index in [1.54, 1.807) is 6.07 Å². The largest absolute Gasteiger partial charge is 0.424 e. The molecule has 19 heavy (non-hydrogen) atoms. The maximum Gasteiger partial charge on any atom is 0.296 e. The summed E-state index contributed by atoms with van der Waals surface area (Å²) in [5.74, 6) is -0.247. The number of fused-ring (bicyclic) bond motifs is 1. The monoisotopic (exact) mass is 256 g/mol. The summed E-state index contributed by atoms with van der Waals surface area (Å²) in [6, 6.07) is 14.4. The summed E-state index contributed by atoms with van der Waals surface area (Å²) in [5, 5.41) is 3.13. The molecule has 0 saturated carbocycles. The molecule has 4 heteroatoms. The van der Waals surface area contributed by atoms with E-state index in [1.165, 1.54) is 12.1 Å². The zero-order chi connectivity index (χ0) is 13.2. The van der Waals surface area contributed by atoms with Crippen LogP contribution in [0.5, 0.6) is 0 Å². The van der Waals surface area contributed by atoms with Gasteiger partial charge in [-0.2, -0.15) is 4.98 Å². The SMILES string of the molecule is CC(Nc1nc2ccccc2o1)c1cccc(F)c1. The van der Waals surface area contributed by atoms with Crippen LogP contribution in [-0.4, -0.2) is 4.98 Å². The predicted octanol–water partition coefficient (Wildman–Crippen LogP) is 4.14. The van der Waals surface area contributed by atoms with E-state index in [4.69, 9.17) is 4.42 Å². The van der Waals surface area contributed by atoms with Crippen LogP contribution in [0.1, 0.15) is 18.5 Å². The van der Waals surface area contributed by atoms with Gasteiger partial charge in [0, 0.05) is 0 Å². The Hall–Kier alpha value is -2.36. The first-order valence-electron chi connectivity index (χ1n) is 6.10. The topological polar surface area (TPSA) is 38.1 Å². The van der Waals surface area contributed by atoms with Gasteiger partial charge in [0.1, 0.15) is 11.3 Å². The molecule has 3 aromatic rings. The van der Waals surface area contributed by atoms with E-state index in [2.05, 4.69) is 10.3 Å². The third-order valence-corrected chi connectivity index (χ3v) is 2.98. The van der Waals surface area contributed by atoms with Crippen LogP contribution < -0.4 is 5.32 Å². The van der Waals surface area contributed by atoms with Gasteiger partial charge in [0.25, 0.3) is 6.01 Å². The average molecular weight is 256 g/mol. The third-order valence-electron chi connectivity index (χ3n) is 2.98. The molecule has 1 atom stereocenters. The minimum Gasteiger partial charge on any atom is -0.424 e. The second-order valence-corrected chi connectivity index (χ2v) is 4.41. The number of halogens is 1. The van der Waals surface area contributed by atoms with Gasteiger partial charge in [0.15, 0.2) is 5.58 Å². The second-order valence-electron chi connectivity index (χ2n) is 4.41. The number of anilines is 1. The molecule has 0 aliphatic carbocycles. The highest BCUT2D eigenvalue weighted by Crippen LogP contribution is 2.23. The molecule has 0 bridgehead atoms. The molecule has 0 aliphatic heterocycles. The number of hydrogen-bond donors (Lipinski definition) is 1. The lowest BCUT2D eigenvalue weighted by Crippen LogP contribution is -2.06. The Morgan fingerprint density at radius 2 is 2.00 bits per heavy atom. The molecule has 1 aromatic heterocycles. The minimum absolute atomic E-state index is 0.0798. The summed E-state index contributed by atoms with van der Waals surface area (Å²) in [6.07, 6.45) is 0. The van der Waals surface area contributed by atoms with Crippen LogP contribution in [0.4, 0.5) is 10.4 Å². The van der Waals surface area contributed by atoms with Crippen molar-refractivity contribution in [1.82, 2.24) is 4.98 Å². The van der Waals surface area contributed by atoms with Crippen molar-refractivity contribution in [2.24, 2.45) is 0 Å². The number of aromatic nitrogens is 1. The first-order valence-corrected chi connectivity index (χ1v) is 6.10. The van der Waals surface area contributed by atoms with Crippen LogP contribution in [0, 0.1) is 5.82 Å². The van der Waals surface area contributed by atoms with Crippen LogP contribution >= 0.6 is 0 Å². The molecule has 0 amide bonds. The molecule has 2 aromatic carbocycles. The van der Waals surface area contributed by atoms with Gasteiger partial charge in [-0.3, -0.25) is 0 Å². The number of hydrogen-bond acceptors (Lipinski definition) is 3. The van der Waals surface area contributed by atoms with Gasteiger partial charge in [-0.15, -0.1) is 0 Å². The van der Waals surface area contributed by atoms with E-state index in [0.717, 1.165) is 16.7 Å². The number of rotatable bonds is 3. The Balaban J connectivity index is 1.84. The summed E-state index contributed by atoms with van der Waals surface area (Å²) in [4.78, 5) is 4.33. The number of oxazole rings is 1. The fourth-order valence-corrected chi connectivity index (χ4v) is 1.98. The number of nitrogens with one attached hydrogen (secondary N) is 1. The Morgan fingerprint density at radius 3 is 2.79 bits per heavy atom. The standard InChI is InChI=1S/C15H13FN2O/c1-10(11-5-4-6-12(16)9-11)17-15-18-13-7-2-3-8-14(13)19-15/h2-10H,1H3,(H,17,18). The van der Waals surface area contributed by atoms with Gasteiger partial charge in [-0.1, -0.05) is 24.3 Å². The molecular formula is C15H13FN2O. The first kappa shape index (κ1) is 11.7. The molecule has 0 fully saturated rings. The highest BCUT2D eigenvalue weighted by molar-refractivity contribution is 5.74. The quantitative estimate of drug-likeness (QED) is 0.765. The van der Waals surface area contributed by atoms with E-state index < -0.39 is 0 Å². The summed E-state index contributed by atoms with van der Waals surface area (Å²) >= 11 is 0. The van der Waals surface area contributed by atoms with Gasteiger partial charge < -0.3 is 9.73 Å². The second kappa shape index (κ2) is 4.72. The predicted molar refractivity (Wildman–Crippen MR) is 72.4 cm³/mol. The normalized spacial score (nSPS) is 12.5. The maximum atomic E-state index is 13.2. The van der Waals surface area contributed by atoms with Gasteiger partial charge in [0.2, 0.25) is 0 Å². The Labute approximate surface area is 110 Å². The molecule has 0 radical (unpaired) electrons. The van der Waals surface area contributed by atoms with Gasteiger partial charge in [-0.25, -0.2) is 4.39 Å². The molecule has 0 saturated heterocycles. The summed E-state index contributed by atoms with van der Waals surface area (Å²) in [5.41, 5.74) is 2.38. The molecule has 1 N–H and O–H groups in total. The van der Waals surface area contributed by atoms with Gasteiger partial charge in [0.05, 0.1) is 6.04 Å². The highest BCUT2D eigenvalue weighted by atomic mass is 19.1. The number of para-hydroxylation sites is 2. The Bertz CT molecular complexity index is 675. The van der Waals surface area contributed by atoms with Gasteiger partial charge in [-0.05, 0) is 36.8 Å². The fraction of sp³-hybridized carbons (Fsp3) is 0.133. The lowest BCUT2D eigenvalue weighted by atomic mass is 10.1. The lowest BCUT2D eigenvalue weighted by molar-refractivity contribution is 0.600. The van der Waals surface area contributed by atoms with Crippen LogP contribution in [0.2, 0.25) is 0 Å². The molecule has 0 spiro atoms. The highest BCUT2D eigenvalue weighted by Gasteiger charge is 2.10. The van der Waals surface area contributed by atoms with Crippen molar-refractivity contribution in [3.05, 3.63) is 59.9 Å². The van der Waals surface area contributed by atoms with Crippen LogP contribution in [-0.2, 0) is 0 Å². The molecule has 96 valence electrons. The van der Waals surface area contributed by atoms with Gasteiger partial charge >= 0.3 is 0 Å². The van der Waals surface area contributed by atoms with E-state index in [1.807, 2.05) is 37.3 Å². The average Bonchev–Trinajstić information content (AvgIpc) is 2.80. The van der Waals surface area contributed by atoms with Crippen molar-refractivity contribution >= 4 is 17.1 Å². The van der Waals surface area contributed by atoms with Crippen LogP contribution in [0.25, 0.3) is 11.1 Å². The number of nitrogens with zero attached hydrogens (tertiary/aromatic N) is 1. The zero-order valence-corrected chi connectivity index (χ0v) is 10.4. The third kappa shape index (κ3) is 2.42. The molecular weight excluding hydrogens is 243 g/mol. The van der Waals surface area contributed by atoms with Crippen molar-refractivity contribution < 1.29 is 8.81 Å². The van der Waals surface area contributed by atoms with E-state index in [9.17, 15) is 4.39 Å². The van der Waals surface area contributed by atoms with Crippen molar-refractivity contribution in [2.75, 3.05) is 5.32 Å². The molecule has 1 unspecified atom stereocenters. The summed E-state index contributed by atoms with van der Waals surface area (Å²) in [6.45, 7) is 1.93. The summed E-state index contributed by atoms with van der Waals surface area (Å²) in [7, 11) is 0. The summed E-state index contributed by atoms with van der Waals surface area (Å²) < 4.78 is 18.7. The van der Waals surface area contributed by atoms with Crippen molar-refractivity contribution in [1.29, 1.82) is 0 Å². The van der Waals surface area contributed by atoms with Crippen molar-refractivity contribution in [2.45, 2.75) is 13.0 Å².